The Kier molecular flexibility index (Phi) is 4.89. The number of imidazole rings is 1. The monoisotopic (exact) mass is 334 g/mol. The van der Waals surface area contributed by atoms with Gasteiger partial charge < -0.3 is 15.2 Å². The number of nitrogens with zero attached hydrogens (tertiary/aromatic N) is 2. The number of benzene rings is 2. The lowest BCUT2D eigenvalue weighted by Crippen LogP contribution is -2.41. The maximum Gasteiger partial charge on any atom is 0.251 e. The van der Waals surface area contributed by atoms with E-state index in [1.54, 1.807) is 55.8 Å². The molecule has 0 aliphatic carbocycles. The Bertz CT molecular complexity index is 843. The topological polar surface area (TPSA) is 76.0 Å². The quantitative estimate of drug-likeness (QED) is 0.753. The second-order valence-electron chi connectivity index (χ2n) is 5.57. The van der Waals surface area contributed by atoms with Crippen molar-refractivity contribution in [1.29, 1.82) is 0 Å². The minimum Gasteiger partial charge on any atom is -0.341 e. The van der Waals surface area contributed by atoms with Crippen LogP contribution in [0.5, 0.6) is 0 Å². The van der Waals surface area contributed by atoms with E-state index in [0.717, 1.165) is 5.69 Å². The van der Waals surface area contributed by atoms with E-state index in [4.69, 9.17) is 0 Å². The fourth-order valence-corrected chi connectivity index (χ4v) is 2.31. The van der Waals surface area contributed by atoms with Gasteiger partial charge in [-0.25, -0.2) is 4.98 Å². The highest BCUT2D eigenvalue weighted by Gasteiger charge is 2.16. The largest absolute Gasteiger partial charge is 0.341 e. The number of carbonyl (C=O) groups excluding carboxylic acids is 2. The van der Waals surface area contributed by atoms with Crippen LogP contribution in [0.15, 0.2) is 73.3 Å². The molecule has 3 aromatic rings. The van der Waals surface area contributed by atoms with Gasteiger partial charge >= 0.3 is 0 Å². The molecule has 0 saturated carbocycles. The van der Waals surface area contributed by atoms with Crippen molar-refractivity contribution in [2.24, 2.45) is 0 Å². The first-order chi connectivity index (χ1) is 12.1. The van der Waals surface area contributed by atoms with Crippen LogP contribution in [-0.2, 0) is 4.79 Å². The third-order valence-electron chi connectivity index (χ3n) is 3.71. The molecule has 2 aromatic carbocycles. The molecular weight excluding hydrogens is 316 g/mol. The van der Waals surface area contributed by atoms with Gasteiger partial charge in [0, 0.05) is 29.3 Å². The molecule has 0 radical (unpaired) electrons. The molecule has 1 aromatic heterocycles. The minimum absolute atomic E-state index is 0.278. The standard InChI is InChI=1S/C19H18N4O2/c1-14(21-19(25)15-5-3-2-4-6-15)18(24)22-16-7-9-17(10-8-16)23-12-11-20-13-23/h2-14H,1H3,(H,21,25)(H,22,24). The number of carbonyl (C=O) groups is 2. The summed E-state index contributed by atoms with van der Waals surface area (Å²) in [5, 5.41) is 5.48. The summed E-state index contributed by atoms with van der Waals surface area (Å²) in [6, 6.07) is 15.5. The summed E-state index contributed by atoms with van der Waals surface area (Å²) >= 11 is 0. The van der Waals surface area contributed by atoms with Crippen LogP contribution < -0.4 is 10.6 Å². The van der Waals surface area contributed by atoms with E-state index in [-0.39, 0.29) is 11.8 Å². The summed E-state index contributed by atoms with van der Waals surface area (Å²) in [6.45, 7) is 1.65. The molecule has 0 spiro atoms. The van der Waals surface area contributed by atoms with Gasteiger partial charge in [-0.3, -0.25) is 9.59 Å². The molecule has 2 N–H and O–H groups in total. The maximum absolute atomic E-state index is 12.3. The third kappa shape index (κ3) is 4.11. The van der Waals surface area contributed by atoms with E-state index in [1.807, 2.05) is 29.0 Å². The van der Waals surface area contributed by atoms with Crippen LogP contribution in [0.2, 0.25) is 0 Å². The van der Waals surface area contributed by atoms with Crippen molar-refractivity contribution in [3.63, 3.8) is 0 Å². The van der Waals surface area contributed by atoms with Crippen LogP contribution in [0.4, 0.5) is 5.69 Å². The Labute approximate surface area is 145 Å². The molecule has 1 atom stereocenters. The molecule has 25 heavy (non-hydrogen) atoms. The molecule has 3 rings (SSSR count). The molecule has 2 amide bonds. The van der Waals surface area contributed by atoms with Crippen molar-refractivity contribution in [3.05, 3.63) is 78.9 Å². The summed E-state index contributed by atoms with van der Waals surface area (Å²) in [6.07, 6.45) is 5.25. The summed E-state index contributed by atoms with van der Waals surface area (Å²) in [7, 11) is 0. The molecule has 1 heterocycles. The van der Waals surface area contributed by atoms with Crippen molar-refractivity contribution in [2.75, 3.05) is 5.32 Å². The molecule has 0 aliphatic heterocycles. The predicted molar refractivity (Wildman–Crippen MR) is 95.6 cm³/mol. The van der Waals surface area contributed by atoms with Gasteiger partial charge in [0.2, 0.25) is 5.91 Å². The molecule has 6 heteroatoms. The van der Waals surface area contributed by atoms with E-state index in [2.05, 4.69) is 15.6 Å². The van der Waals surface area contributed by atoms with Crippen LogP contribution in [0.25, 0.3) is 5.69 Å². The van der Waals surface area contributed by atoms with Crippen LogP contribution in [0.3, 0.4) is 0 Å². The highest BCUT2D eigenvalue weighted by atomic mass is 16.2. The van der Waals surface area contributed by atoms with Gasteiger partial charge in [-0.05, 0) is 43.3 Å². The van der Waals surface area contributed by atoms with E-state index in [9.17, 15) is 9.59 Å². The van der Waals surface area contributed by atoms with Crippen LogP contribution in [0, 0.1) is 0 Å². The lowest BCUT2D eigenvalue weighted by molar-refractivity contribution is -0.117. The fourth-order valence-electron chi connectivity index (χ4n) is 2.31. The van der Waals surface area contributed by atoms with Gasteiger partial charge in [-0.2, -0.15) is 0 Å². The first-order valence-electron chi connectivity index (χ1n) is 7.88. The highest BCUT2D eigenvalue weighted by molar-refractivity contribution is 6.00. The van der Waals surface area contributed by atoms with Crippen LogP contribution >= 0.6 is 0 Å². The fraction of sp³-hybridized carbons (Fsp3) is 0.105. The molecular formula is C19H18N4O2. The number of anilines is 1. The Morgan fingerprint density at radius 2 is 1.76 bits per heavy atom. The molecule has 6 nitrogen and oxygen atoms in total. The minimum atomic E-state index is -0.652. The van der Waals surface area contributed by atoms with Gasteiger partial charge in [-0.1, -0.05) is 18.2 Å². The number of amides is 2. The van der Waals surface area contributed by atoms with Gasteiger partial charge in [-0.15, -0.1) is 0 Å². The normalized spacial score (nSPS) is 11.6. The smallest absolute Gasteiger partial charge is 0.251 e. The average Bonchev–Trinajstić information content (AvgIpc) is 3.17. The number of hydrogen-bond acceptors (Lipinski definition) is 3. The summed E-state index contributed by atoms with van der Waals surface area (Å²) in [4.78, 5) is 28.3. The Morgan fingerprint density at radius 1 is 1.04 bits per heavy atom. The van der Waals surface area contributed by atoms with Crippen molar-refractivity contribution in [3.8, 4) is 5.69 Å². The first-order valence-corrected chi connectivity index (χ1v) is 7.88. The van der Waals surface area contributed by atoms with Gasteiger partial charge in [0.1, 0.15) is 6.04 Å². The van der Waals surface area contributed by atoms with Gasteiger partial charge in [0.15, 0.2) is 0 Å². The van der Waals surface area contributed by atoms with Crippen molar-refractivity contribution >= 4 is 17.5 Å². The molecule has 1 unspecified atom stereocenters. The van der Waals surface area contributed by atoms with Crippen LogP contribution in [0.1, 0.15) is 17.3 Å². The summed E-state index contributed by atoms with van der Waals surface area (Å²) in [5.41, 5.74) is 2.13. The molecule has 0 aliphatic rings. The predicted octanol–water partition coefficient (Wildman–Crippen LogP) is 2.63. The van der Waals surface area contributed by atoms with E-state index in [1.165, 1.54) is 0 Å². The zero-order valence-electron chi connectivity index (χ0n) is 13.7. The second-order valence-corrected chi connectivity index (χ2v) is 5.57. The summed E-state index contributed by atoms with van der Waals surface area (Å²) in [5.74, 6) is -0.557. The zero-order chi connectivity index (χ0) is 17.6. The Balaban J connectivity index is 1.59. The lowest BCUT2D eigenvalue weighted by Gasteiger charge is -2.14. The van der Waals surface area contributed by atoms with Crippen molar-refractivity contribution in [2.45, 2.75) is 13.0 Å². The highest BCUT2D eigenvalue weighted by Crippen LogP contribution is 2.13. The number of aromatic nitrogens is 2. The zero-order valence-corrected chi connectivity index (χ0v) is 13.7. The SMILES string of the molecule is CC(NC(=O)c1ccccc1)C(=O)Nc1ccc(-n2ccnc2)cc1. The summed E-state index contributed by atoms with van der Waals surface area (Å²) < 4.78 is 1.87. The second kappa shape index (κ2) is 7.44. The van der Waals surface area contributed by atoms with E-state index >= 15 is 0 Å². The van der Waals surface area contributed by atoms with E-state index in [0.29, 0.717) is 11.3 Å². The van der Waals surface area contributed by atoms with Crippen molar-refractivity contribution < 1.29 is 9.59 Å². The molecule has 0 saturated heterocycles. The number of rotatable bonds is 5. The van der Waals surface area contributed by atoms with Crippen molar-refractivity contribution in [1.82, 2.24) is 14.9 Å². The maximum atomic E-state index is 12.3. The first kappa shape index (κ1) is 16.4. The third-order valence-corrected chi connectivity index (χ3v) is 3.71. The average molecular weight is 334 g/mol. The Morgan fingerprint density at radius 3 is 2.40 bits per heavy atom. The van der Waals surface area contributed by atoms with E-state index < -0.39 is 6.04 Å². The van der Waals surface area contributed by atoms with Gasteiger partial charge in [0.05, 0.1) is 6.33 Å². The Hall–Kier alpha value is -3.41. The van der Waals surface area contributed by atoms with Gasteiger partial charge in [0.25, 0.3) is 5.91 Å². The molecule has 126 valence electrons. The van der Waals surface area contributed by atoms with Crippen LogP contribution in [-0.4, -0.2) is 27.4 Å². The number of nitrogens with one attached hydrogen (secondary N) is 2. The number of hydrogen-bond donors (Lipinski definition) is 2. The lowest BCUT2D eigenvalue weighted by atomic mass is 10.2. The molecule has 0 fully saturated rings. The molecule has 0 bridgehead atoms.